The molecule has 1 fully saturated rings. The molecule has 0 saturated carbocycles. The maximum Gasteiger partial charge on any atom is 0.263 e. The van der Waals surface area contributed by atoms with Crippen LogP contribution >= 0.6 is 0 Å². The summed E-state index contributed by atoms with van der Waals surface area (Å²) in [5.41, 5.74) is 7.54. The first-order chi connectivity index (χ1) is 8.60. The van der Waals surface area contributed by atoms with Crippen molar-refractivity contribution in [3.63, 3.8) is 0 Å². The summed E-state index contributed by atoms with van der Waals surface area (Å²) >= 11 is 0. The minimum Gasteiger partial charge on any atom is -0.366 e. The summed E-state index contributed by atoms with van der Waals surface area (Å²) in [5.74, 6) is 4.20. The summed E-state index contributed by atoms with van der Waals surface area (Å²) in [7, 11) is 0. The van der Waals surface area contributed by atoms with Crippen molar-refractivity contribution < 1.29 is 14.3 Å². The summed E-state index contributed by atoms with van der Waals surface area (Å²) in [6.07, 6.45) is 3.70. The molecular weight excluding hydrogens is 238 g/mol. The number of nitrogens with zero attached hydrogens (tertiary/aromatic N) is 2. The zero-order valence-corrected chi connectivity index (χ0v) is 9.70. The molecule has 1 aromatic heterocycles. The Morgan fingerprint density at radius 3 is 2.94 bits per heavy atom. The van der Waals surface area contributed by atoms with Crippen LogP contribution < -0.4 is 17.0 Å². The van der Waals surface area contributed by atoms with Gasteiger partial charge in [0.25, 0.3) is 11.8 Å². The topological polar surface area (TPSA) is 125 Å². The first kappa shape index (κ1) is 12.5. The van der Waals surface area contributed by atoms with Crippen LogP contribution in [-0.4, -0.2) is 33.8 Å². The van der Waals surface area contributed by atoms with E-state index in [0.29, 0.717) is 18.5 Å². The number of carbonyl (C=O) groups is 2. The van der Waals surface area contributed by atoms with E-state index in [9.17, 15) is 9.59 Å². The van der Waals surface area contributed by atoms with Crippen LogP contribution in [0.4, 0.5) is 0 Å². The fourth-order valence-electron chi connectivity index (χ4n) is 1.93. The summed E-state index contributed by atoms with van der Waals surface area (Å²) in [5, 5.41) is 4.00. The Morgan fingerprint density at radius 1 is 1.56 bits per heavy atom. The van der Waals surface area contributed by atoms with Crippen LogP contribution in [-0.2, 0) is 16.1 Å². The molecule has 1 aromatic rings. The lowest BCUT2D eigenvalue weighted by Gasteiger charge is -2.12. The molecule has 5 N–H and O–H groups in total. The van der Waals surface area contributed by atoms with Crippen LogP contribution in [0, 0.1) is 0 Å². The van der Waals surface area contributed by atoms with Crippen LogP contribution in [0.25, 0.3) is 0 Å². The van der Waals surface area contributed by atoms with Gasteiger partial charge in [-0.3, -0.25) is 19.7 Å². The van der Waals surface area contributed by atoms with Crippen molar-refractivity contribution in [1.29, 1.82) is 0 Å². The van der Waals surface area contributed by atoms with Gasteiger partial charge in [-0.2, -0.15) is 5.10 Å². The number of primary amides is 1. The number of hydrogen-bond donors (Lipinski definition) is 3. The number of ether oxygens (including phenoxy) is 1. The van der Waals surface area contributed by atoms with Crippen molar-refractivity contribution in [1.82, 2.24) is 15.2 Å². The van der Waals surface area contributed by atoms with E-state index < -0.39 is 12.0 Å². The Kier molecular flexibility index (Phi) is 3.58. The minimum absolute atomic E-state index is 0.118. The van der Waals surface area contributed by atoms with E-state index in [-0.39, 0.29) is 12.0 Å². The highest BCUT2D eigenvalue weighted by molar-refractivity contribution is 5.92. The Morgan fingerprint density at radius 2 is 2.33 bits per heavy atom. The highest BCUT2D eigenvalue weighted by Crippen LogP contribution is 2.21. The van der Waals surface area contributed by atoms with Gasteiger partial charge < -0.3 is 10.5 Å². The normalized spacial score (nSPS) is 22.9. The average molecular weight is 253 g/mol. The van der Waals surface area contributed by atoms with Crippen molar-refractivity contribution in [2.75, 3.05) is 0 Å². The fourth-order valence-corrected chi connectivity index (χ4v) is 1.93. The second kappa shape index (κ2) is 5.15. The van der Waals surface area contributed by atoms with Gasteiger partial charge in [0.1, 0.15) is 6.10 Å². The zero-order chi connectivity index (χ0) is 13.1. The smallest absolute Gasteiger partial charge is 0.263 e. The molecule has 0 aliphatic carbocycles. The van der Waals surface area contributed by atoms with E-state index in [1.807, 2.05) is 0 Å². The SMILES string of the molecule is NNC(=O)C1CCC(Cn2cc(C(N)=O)cn2)O1. The van der Waals surface area contributed by atoms with Crippen LogP contribution in [0.5, 0.6) is 0 Å². The Labute approximate surface area is 103 Å². The van der Waals surface area contributed by atoms with E-state index in [4.69, 9.17) is 16.3 Å². The lowest BCUT2D eigenvalue weighted by molar-refractivity contribution is -0.132. The van der Waals surface area contributed by atoms with Gasteiger partial charge in [-0.15, -0.1) is 0 Å². The maximum absolute atomic E-state index is 11.3. The molecule has 1 aliphatic heterocycles. The summed E-state index contributed by atoms with van der Waals surface area (Å²) < 4.78 is 7.10. The lowest BCUT2D eigenvalue weighted by atomic mass is 10.2. The molecule has 2 atom stereocenters. The highest BCUT2D eigenvalue weighted by Gasteiger charge is 2.30. The number of hydrazine groups is 1. The molecule has 1 aliphatic rings. The molecule has 18 heavy (non-hydrogen) atoms. The molecule has 98 valence electrons. The van der Waals surface area contributed by atoms with Crippen molar-refractivity contribution in [2.24, 2.45) is 11.6 Å². The molecule has 0 spiro atoms. The van der Waals surface area contributed by atoms with Crippen molar-refractivity contribution in [3.05, 3.63) is 18.0 Å². The van der Waals surface area contributed by atoms with Crippen LogP contribution in [0.3, 0.4) is 0 Å². The Bertz CT molecular complexity index is 458. The number of carbonyl (C=O) groups excluding carboxylic acids is 2. The first-order valence-electron chi connectivity index (χ1n) is 5.58. The molecular formula is C10H15N5O3. The largest absolute Gasteiger partial charge is 0.366 e. The lowest BCUT2D eigenvalue weighted by Crippen LogP contribution is -2.39. The molecule has 2 rings (SSSR count). The van der Waals surface area contributed by atoms with Gasteiger partial charge in [0.2, 0.25) is 0 Å². The molecule has 2 amide bonds. The van der Waals surface area contributed by atoms with E-state index in [1.165, 1.54) is 6.20 Å². The number of nitrogens with two attached hydrogens (primary N) is 2. The van der Waals surface area contributed by atoms with Crippen LogP contribution in [0.2, 0.25) is 0 Å². The van der Waals surface area contributed by atoms with E-state index in [1.54, 1.807) is 10.9 Å². The van der Waals surface area contributed by atoms with Gasteiger partial charge in [-0.05, 0) is 12.8 Å². The third kappa shape index (κ3) is 2.66. The molecule has 8 nitrogen and oxygen atoms in total. The first-order valence-corrected chi connectivity index (χ1v) is 5.58. The van der Waals surface area contributed by atoms with E-state index in [2.05, 4.69) is 10.5 Å². The van der Waals surface area contributed by atoms with Gasteiger partial charge >= 0.3 is 0 Å². The Hall–Kier alpha value is -1.93. The minimum atomic E-state index is -0.519. The maximum atomic E-state index is 11.3. The average Bonchev–Trinajstić information content (AvgIpc) is 2.98. The van der Waals surface area contributed by atoms with Crippen molar-refractivity contribution >= 4 is 11.8 Å². The predicted octanol–water partition coefficient (Wildman–Crippen LogP) is -1.48. The summed E-state index contributed by atoms with van der Waals surface area (Å²) in [6, 6.07) is 0. The second-order valence-corrected chi connectivity index (χ2v) is 4.15. The molecule has 0 bridgehead atoms. The third-order valence-corrected chi connectivity index (χ3v) is 2.85. The van der Waals surface area contributed by atoms with E-state index in [0.717, 1.165) is 6.42 Å². The quantitative estimate of drug-likeness (QED) is 0.343. The van der Waals surface area contributed by atoms with Gasteiger partial charge in [0.05, 0.1) is 24.4 Å². The zero-order valence-electron chi connectivity index (χ0n) is 9.70. The number of amides is 2. The fraction of sp³-hybridized carbons (Fsp3) is 0.500. The summed E-state index contributed by atoms with van der Waals surface area (Å²) in [6.45, 7) is 0.474. The molecule has 8 heteroatoms. The van der Waals surface area contributed by atoms with Crippen molar-refractivity contribution in [3.8, 4) is 0 Å². The van der Waals surface area contributed by atoms with Gasteiger partial charge in [-0.1, -0.05) is 0 Å². The van der Waals surface area contributed by atoms with Gasteiger partial charge in [-0.25, -0.2) is 5.84 Å². The highest BCUT2D eigenvalue weighted by atomic mass is 16.5. The third-order valence-electron chi connectivity index (χ3n) is 2.85. The molecule has 0 radical (unpaired) electrons. The van der Waals surface area contributed by atoms with E-state index >= 15 is 0 Å². The van der Waals surface area contributed by atoms with Gasteiger partial charge in [0, 0.05) is 6.20 Å². The standard InChI is InChI=1S/C10H15N5O3/c11-9(16)6-3-13-15(4-6)5-7-1-2-8(18-7)10(17)14-12/h3-4,7-8H,1-2,5,12H2,(H2,11,16)(H,14,17). The predicted molar refractivity (Wildman–Crippen MR) is 61.0 cm³/mol. The number of aromatic nitrogens is 2. The van der Waals surface area contributed by atoms with Gasteiger partial charge in [0.15, 0.2) is 0 Å². The van der Waals surface area contributed by atoms with Crippen LogP contribution in [0.15, 0.2) is 12.4 Å². The number of nitrogens with one attached hydrogen (secondary N) is 1. The van der Waals surface area contributed by atoms with Crippen molar-refractivity contribution in [2.45, 2.75) is 31.6 Å². The molecule has 0 aromatic carbocycles. The monoisotopic (exact) mass is 253 g/mol. The number of rotatable bonds is 4. The second-order valence-electron chi connectivity index (χ2n) is 4.15. The molecule has 1 saturated heterocycles. The summed E-state index contributed by atoms with van der Waals surface area (Å²) in [4.78, 5) is 22.2. The number of hydrogen-bond acceptors (Lipinski definition) is 5. The Balaban J connectivity index is 1.91. The molecule has 2 unspecified atom stereocenters. The molecule has 2 heterocycles. The van der Waals surface area contributed by atoms with Crippen LogP contribution in [0.1, 0.15) is 23.2 Å².